The van der Waals surface area contributed by atoms with Gasteiger partial charge in [-0.3, -0.25) is 19.9 Å². The van der Waals surface area contributed by atoms with Gasteiger partial charge in [0.05, 0.1) is 6.54 Å². The minimum absolute atomic E-state index is 0.215. The average Bonchev–Trinajstić information content (AvgIpc) is 3.11. The fourth-order valence-corrected chi connectivity index (χ4v) is 3.79. The topological polar surface area (TPSA) is 64.7 Å². The number of carbonyl (C=O) groups is 2. The lowest BCUT2D eigenvalue weighted by atomic mass is 10.1. The standard InChI is InChI=1S/C20H30N4O2/c1-16-6-2-3-7-17(16)14-23-10-12-24(13-11-23)15-19(25)22-20(26)21-18-8-4-5-9-18/h2-3,6-7,18H,4-5,8-15H2,1H3,(H2,21,22,25,26). The zero-order valence-electron chi connectivity index (χ0n) is 15.7. The summed E-state index contributed by atoms with van der Waals surface area (Å²) in [6.45, 7) is 6.97. The first-order valence-electron chi connectivity index (χ1n) is 9.70. The fraction of sp³-hybridized carbons (Fsp3) is 0.600. The van der Waals surface area contributed by atoms with Crippen LogP contribution in [0.3, 0.4) is 0 Å². The van der Waals surface area contributed by atoms with Gasteiger partial charge in [0.1, 0.15) is 0 Å². The number of nitrogens with zero attached hydrogens (tertiary/aromatic N) is 2. The van der Waals surface area contributed by atoms with Crippen LogP contribution < -0.4 is 10.6 Å². The van der Waals surface area contributed by atoms with Crippen LogP contribution in [0.25, 0.3) is 0 Å². The molecule has 1 aromatic rings. The van der Waals surface area contributed by atoms with Crippen molar-refractivity contribution < 1.29 is 9.59 Å². The number of piperazine rings is 1. The van der Waals surface area contributed by atoms with E-state index in [4.69, 9.17) is 0 Å². The summed E-state index contributed by atoms with van der Waals surface area (Å²) in [7, 11) is 0. The molecule has 3 rings (SSSR count). The molecular formula is C20H30N4O2. The third kappa shape index (κ3) is 5.54. The molecule has 2 aliphatic rings. The Morgan fingerprint density at radius 3 is 2.38 bits per heavy atom. The van der Waals surface area contributed by atoms with E-state index in [9.17, 15) is 9.59 Å². The molecule has 26 heavy (non-hydrogen) atoms. The van der Waals surface area contributed by atoms with Crippen molar-refractivity contribution in [2.45, 2.75) is 45.2 Å². The number of aryl methyl sites for hydroxylation is 1. The van der Waals surface area contributed by atoms with E-state index >= 15 is 0 Å². The third-order valence-corrected chi connectivity index (χ3v) is 5.43. The second kappa shape index (κ2) is 9.14. The summed E-state index contributed by atoms with van der Waals surface area (Å²) in [4.78, 5) is 28.5. The molecule has 0 aromatic heterocycles. The minimum Gasteiger partial charge on any atom is -0.335 e. The Bertz CT molecular complexity index is 620. The molecule has 3 amide bonds. The number of hydrogen-bond donors (Lipinski definition) is 2. The van der Waals surface area contributed by atoms with Crippen molar-refractivity contribution in [1.29, 1.82) is 0 Å². The third-order valence-electron chi connectivity index (χ3n) is 5.43. The average molecular weight is 358 g/mol. The first-order chi connectivity index (χ1) is 12.6. The van der Waals surface area contributed by atoms with Gasteiger partial charge in [0, 0.05) is 38.8 Å². The molecule has 1 aromatic carbocycles. The van der Waals surface area contributed by atoms with Crippen LogP contribution in [0.1, 0.15) is 36.8 Å². The number of carbonyl (C=O) groups excluding carboxylic acids is 2. The Balaban J connectivity index is 1.36. The number of urea groups is 1. The van der Waals surface area contributed by atoms with Crippen LogP contribution in [0, 0.1) is 6.92 Å². The van der Waals surface area contributed by atoms with Crippen LogP contribution in [0.15, 0.2) is 24.3 Å². The summed E-state index contributed by atoms with van der Waals surface area (Å²) >= 11 is 0. The Morgan fingerprint density at radius 1 is 1.04 bits per heavy atom. The Labute approximate surface area is 155 Å². The van der Waals surface area contributed by atoms with Crippen LogP contribution in [-0.2, 0) is 11.3 Å². The van der Waals surface area contributed by atoms with Crippen molar-refractivity contribution in [3.8, 4) is 0 Å². The molecule has 0 radical (unpaired) electrons. The first-order valence-corrected chi connectivity index (χ1v) is 9.70. The molecule has 6 nitrogen and oxygen atoms in total. The maximum absolute atomic E-state index is 12.1. The van der Waals surface area contributed by atoms with Gasteiger partial charge in [-0.25, -0.2) is 4.79 Å². The number of hydrogen-bond acceptors (Lipinski definition) is 4. The van der Waals surface area contributed by atoms with Crippen molar-refractivity contribution in [2.24, 2.45) is 0 Å². The van der Waals surface area contributed by atoms with Gasteiger partial charge in [-0.15, -0.1) is 0 Å². The molecular weight excluding hydrogens is 328 g/mol. The van der Waals surface area contributed by atoms with E-state index in [2.05, 4.69) is 51.6 Å². The van der Waals surface area contributed by atoms with Gasteiger partial charge in [-0.05, 0) is 30.9 Å². The van der Waals surface area contributed by atoms with Crippen LogP contribution >= 0.6 is 0 Å². The quantitative estimate of drug-likeness (QED) is 0.844. The summed E-state index contributed by atoms with van der Waals surface area (Å²) in [5, 5.41) is 5.36. The van der Waals surface area contributed by atoms with E-state index in [1.165, 1.54) is 11.1 Å². The molecule has 2 N–H and O–H groups in total. The van der Waals surface area contributed by atoms with Crippen LogP contribution in [0.5, 0.6) is 0 Å². The number of amides is 3. The monoisotopic (exact) mass is 358 g/mol. The number of rotatable bonds is 5. The van der Waals surface area contributed by atoms with Crippen LogP contribution in [0.2, 0.25) is 0 Å². The van der Waals surface area contributed by atoms with Gasteiger partial charge in [0.25, 0.3) is 0 Å². The summed E-state index contributed by atoms with van der Waals surface area (Å²) in [6, 6.07) is 8.36. The van der Waals surface area contributed by atoms with E-state index in [0.29, 0.717) is 0 Å². The Kier molecular flexibility index (Phi) is 6.63. The largest absolute Gasteiger partial charge is 0.335 e. The van der Waals surface area contributed by atoms with Gasteiger partial charge >= 0.3 is 6.03 Å². The molecule has 0 spiro atoms. The fourth-order valence-electron chi connectivity index (χ4n) is 3.79. The molecule has 1 aliphatic heterocycles. The summed E-state index contributed by atoms with van der Waals surface area (Å²) in [5.41, 5.74) is 2.69. The van der Waals surface area contributed by atoms with Gasteiger partial charge < -0.3 is 5.32 Å². The van der Waals surface area contributed by atoms with Crippen molar-refractivity contribution >= 4 is 11.9 Å². The lowest BCUT2D eigenvalue weighted by Gasteiger charge is -2.34. The van der Waals surface area contributed by atoms with Crippen LogP contribution in [-0.4, -0.2) is 60.5 Å². The van der Waals surface area contributed by atoms with Gasteiger partial charge in [0.15, 0.2) is 0 Å². The van der Waals surface area contributed by atoms with E-state index in [1.54, 1.807) is 0 Å². The molecule has 1 aliphatic carbocycles. The van der Waals surface area contributed by atoms with Crippen molar-refractivity contribution in [3.05, 3.63) is 35.4 Å². The van der Waals surface area contributed by atoms with Gasteiger partial charge in [0.2, 0.25) is 5.91 Å². The minimum atomic E-state index is -0.347. The van der Waals surface area contributed by atoms with Crippen molar-refractivity contribution in [1.82, 2.24) is 20.4 Å². The van der Waals surface area contributed by atoms with E-state index < -0.39 is 0 Å². The molecule has 0 unspecified atom stereocenters. The Morgan fingerprint density at radius 2 is 1.69 bits per heavy atom. The molecule has 1 saturated carbocycles. The number of imide groups is 1. The predicted octanol–water partition coefficient (Wildman–Crippen LogP) is 1.88. The normalized spacial score (nSPS) is 19.4. The highest BCUT2D eigenvalue weighted by Crippen LogP contribution is 2.17. The number of benzene rings is 1. The highest BCUT2D eigenvalue weighted by molar-refractivity contribution is 5.95. The number of nitrogens with one attached hydrogen (secondary N) is 2. The highest BCUT2D eigenvalue weighted by atomic mass is 16.2. The second-order valence-electron chi connectivity index (χ2n) is 7.48. The molecule has 1 saturated heterocycles. The maximum atomic E-state index is 12.1. The second-order valence-corrected chi connectivity index (χ2v) is 7.48. The summed E-state index contributed by atoms with van der Waals surface area (Å²) in [5.74, 6) is -0.215. The summed E-state index contributed by atoms with van der Waals surface area (Å²) < 4.78 is 0. The smallest absolute Gasteiger partial charge is 0.321 e. The predicted molar refractivity (Wildman–Crippen MR) is 102 cm³/mol. The molecule has 1 heterocycles. The molecule has 0 bridgehead atoms. The lowest BCUT2D eigenvalue weighted by Crippen LogP contribution is -2.51. The lowest BCUT2D eigenvalue weighted by molar-refractivity contribution is -0.121. The molecule has 6 heteroatoms. The van der Waals surface area contributed by atoms with E-state index in [0.717, 1.165) is 58.4 Å². The van der Waals surface area contributed by atoms with Crippen LogP contribution in [0.4, 0.5) is 4.79 Å². The van der Waals surface area contributed by atoms with Crippen molar-refractivity contribution in [2.75, 3.05) is 32.7 Å². The zero-order chi connectivity index (χ0) is 18.4. The zero-order valence-corrected chi connectivity index (χ0v) is 15.7. The first kappa shape index (κ1) is 18.9. The molecule has 2 fully saturated rings. The highest BCUT2D eigenvalue weighted by Gasteiger charge is 2.21. The van der Waals surface area contributed by atoms with Gasteiger partial charge in [-0.1, -0.05) is 37.1 Å². The SMILES string of the molecule is Cc1ccccc1CN1CCN(CC(=O)NC(=O)NC2CCCC2)CC1. The van der Waals surface area contributed by atoms with Crippen molar-refractivity contribution in [3.63, 3.8) is 0 Å². The van der Waals surface area contributed by atoms with E-state index in [1.807, 2.05) is 0 Å². The Hall–Kier alpha value is -1.92. The summed E-state index contributed by atoms with van der Waals surface area (Å²) in [6.07, 6.45) is 4.35. The van der Waals surface area contributed by atoms with E-state index in [-0.39, 0.29) is 24.5 Å². The van der Waals surface area contributed by atoms with Gasteiger partial charge in [-0.2, -0.15) is 0 Å². The molecule has 142 valence electrons. The molecule has 0 atom stereocenters. The maximum Gasteiger partial charge on any atom is 0.321 e.